The molecule has 2 nitrogen and oxygen atoms in total. The Balaban J connectivity index is 1.51. The maximum absolute atomic E-state index is 14.9. The molecular weight excluding hydrogens is 424 g/mol. The third-order valence-corrected chi connectivity index (χ3v) is 6.23. The van der Waals surface area contributed by atoms with E-state index >= 15 is 0 Å². The van der Waals surface area contributed by atoms with Crippen molar-refractivity contribution in [2.75, 3.05) is 13.1 Å². The Hall–Kier alpha value is -2.73. The van der Waals surface area contributed by atoms with Crippen molar-refractivity contribution in [3.8, 4) is 28.0 Å². The third kappa shape index (κ3) is 5.11. The first-order valence-electron chi connectivity index (χ1n) is 11.3. The van der Waals surface area contributed by atoms with E-state index in [9.17, 15) is 13.2 Å². The lowest BCUT2D eigenvalue weighted by Crippen LogP contribution is -2.21. The summed E-state index contributed by atoms with van der Waals surface area (Å²) in [5.41, 5.74) is 2.69. The predicted molar refractivity (Wildman–Crippen MR) is 125 cm³/mol. The van der Waals surface area contributed by atoms with Crippen LogP contribution in [0, 0.1) is 23.4 Å². The molecule has 0 bridgehead atoms. The standard InChI is InChI=1S/C27H26BF3O2/c1-2-3-17-4-12-24(32-15-17)22-10-9-20(14-23(22)29)18-5-7-19(8-6-18)21-11-13-25(33-16-28)27(31)26(21)30/h5-11,13-14,17,24H,2-4,12,15-16H2,1H3. The van der Waals surface area contributed by atoms with Crippen LogP contribution in [-0.4, -0.2) is 21.0 Å². The van der Waals surface area contributed by atoms with E-state index in [0.717, 1.165) is 31.2 Å². The minimum atomic E-state index is -1.08. The van der Waals surface area contributed by atoms with Crippen molar-refractivity contribution in [2.45, 2.75) is 38.7 Å². The molecule has 0 saturated carbocycles. The Morgan fingerprint density at radius 3 is 2.27 bits per heavy atom. The summed E-state index contributed by atoms with van der Waals surface area (Å²) in [6.45, 7) is 2.60. The van der Waals surface area contributed by atoms with E-state index < -0.39 is 11.6 Å². The van der Waals surface area contributed by atoms with Crippen molar-refractivity contribution in [3.63, 3.8) is 0 Å². The highest BCUT2D eigenvalue weighted by atomic mass is 19.2. The summed E-state index contributed by atoms with van der Waals surface area (Å²) in [5.74, 6) is -2.04. The van der Waals surface area contributed by atoms with Crippen LogP contribution in [0.1, 0.15) is 44.3 Å². The van der Waals surface area contributed by atoms with E-state index in [2.05, 4.69) is 6.92 Å². The van der Waals surface area contributed by atoms with Crippen LogP contribution in [0.4, 0.5) is 13.2 Å². The fourth-order valence-corrected chi connectivity index (χ4v) is 4.45. The summed E-state index contributed by atoms with van der Waals surface area (Å²) < 4.78 is 54.4. The maximum atomic E-state index is 14.9. The van der Waals surface area contributed by atoms with Crippen LogP contribution in [-0.2, 0) is 4.74 Å². The van der Waals surface area contributed by atoms with Crippen molar-refractivity contribution in [1.29, 1.82) is 0 Å². The summed E-state index contributed by atoms with van der Waals surface area (Å²) in [6.07, 6.45) is 3.95. The number of benzene rings is 3. The molecule has 3 aromatic rings. The largest absolute Gasteiger partial charge is 0.500 e. The molecule has 6 heteroatoms. The molecule has 1 fully saturated rings. The topological polar surface area (TPSA) is 18.5 Å². The lowest BCUT2D eigenvalue weighted by Gasteiger charge is -2.29. The van der Waals surface area contributed by atoms with Crippen molar-refractivity contribution >= 4 is 7.85 Å². The zero-order chi connectivity index (χ0) is 23.4. The lowest BCUT2D eigenvalue weighted by atomic mass is 9.91. The van der Waals surface area contributed by atoms with Crippen LogP contribution >= 0.6 is 0 Å². The molecule has 2 unspecified atom stereocenters. The highest BCUT2D eigenvalue weighted by Gasteiger charge is 2.24. The minimum Gasteiger partial charge on any atom is -0.500 e. The van der Waals surface area contributed by atoms with E-state index in [1.54, 1.807) is 30.3 Å². The molecule has 4 rings (SSSR count). The second-order valence-corrected chi connectivity index (χ2v) is 8.42. The molecule has 170 valence electrons. The zero-order valence-electron chi connectivity index (χ0n) is 18.6. The molecule has 1 heterocycles. The molecule has 0 aliphatic carbocycles. The molecular formula is C27H26BF3O2. The average Bonchev–Trinajstić information content (AvgIpc) is 2.83. The van der Waals surface area contributed by atoms with Gasteiger partial charge in [0, 0.05) is 17.6 Å². The van der Waals surface area contributed by atoms with Gasteiger partial charge in [-0.05, 0) is 60.1 Å². The summed E-state index contributed by atoms with van der Waals surface area (Å²) in [6, 6.07) is 14.8. The average molecular weight is 450 g/mol. The number of hydrogen-bond donors (Lipinski definition) is 0. The summed E-state index contributed by atoms with van der Waals surface area (Å²) >= 11 is 0. The molecule has 1 aliphatic rings. The van der Waals surface area contributed by atoms with Gasteiger partial charge in [-0.3, -0.25) is 0 Å². The normalized spacial score (nSPS) is 18.3. The Bertz CT molecular complexity index is 1090. The second-order valence-electron chi connectivity index (χ2n) is 8.42. The highest BCUT2D eigenvalue weighted by Crippen LogP contribution is 2.36. The van der Waals surface area contributed by atoms with Crippen LogP contribution in [0.15, 0.2) is 54.6 Å². The smallest absolute Gasteiger partial charge is 0.201 e. The van der Waals surface area contributed by atoms with Crippen molar-refractivity contribution in [1.82, 2.24) is 0 Å². The van der Waals surface area contributed by atoms with Crippen molar-refractivity contribution < 1.29 is 22.6 Å². The van der Waals surface area contributed by atoms with Crippen molar-refractivity contribution in [3.05, 3.63) is 77.6 Å². The van der Waals surface area contributed by atoms with Crippen LogP contribution in [0.2, 0.25) is 0 Å². The second kappa shape index (κ2) is 10.5. The molecule has 1 aliphatic heterocycles. The van der Waals surface area contributed by atoms with Gasteiger partial charge in [-0.15, -0.1) is 0 Å². The number of rotatable bonds is 7. The van der Waals surface area contributed by atoms with E-state index in [1.807, 2.05) is 6.07 Å². The molecule has 2 atom stereocenters. The molecule has 0 N–H and O–H groups in total. The highest BCUT2D eigenvalue weighted by molar-refractivity contribution is 6.08. The summed E-state index contributed by atoms with van der Waals surface area (Å²) in [5, 5.41) is 0. The Labute approximate surface area is 194 Å². The quantitative estimate of drug-likeness (QED) is 0.354. The Kier molecular flexibility index (Phi) is 7.44. The maximum Gasteiger partial charge on any atom is 0.201 e. The first-order valence-corrected chi connectivity index (χ1v) is 11.3. The van der Waals surface area contributed by atoms with Crippen LogP contribution < -0.4 is 4.74 Å². The first-order chi connectivity index (χ1) is 16.0. The Morgan fingerprint density at radius 2 is 1.64 bits per heavy atom. The predicted octanol–water partition coefficient (Wildman–Crippen LogP) is 7.21. The van der Waals surface area contributed by atoms with Gasteiger partial charge < -0.3 is 9.47 Å². The minimum absolute atomic E-state index is 0.112. The van der Waals surface area contributed by atoms with E-state index in [1.165, 1.54) is 18.2 Å². The third-order valence-electron chi connectivity index (χ3n) is 6.23. The fraction of sp³-hybridized carbons (Fsp3) is 0.333. The van der Waals surface area contributed by atoms with Crippen LogP contribution in [0.25, 0.3) is 22.3 Å². The number of ether oxygens (including phenoxy) is 2. The molecule has 0 spiro atoms. The molecule has 33 heavy (non-hydrogen) atoms. The van der Waals surface area contributed by atoms with Gasteiger partial charge in [0.1, 0.15) is 13.7 Å². The summed E-state index contributed by atoms with van der Waals surface area (Å²) in [7, 11) is 5.23. The summed E-state index contributed by atoms with van der Waals surface area (Å²) in [4.78, 5) is 0. The van der Waals surface area contributed by atoms with Gasteiger partial charge in [0.15, 0.2) is 11.6 Å². The van der Waals surface area contributed by atoms with Crippen molar-refractivity contribution in [2.24, 2.45) is 5.92 Å². The Morgan fingerprint density at radius 1 is 0.909 bits per heavy atom. The number of hydrogen-bond acceptors (Lipinski definition) is 2. The van der Waals surface area contributed by atoms with E-state index in [0.29, 0.717) is 29.2 Å². The molecule has 2 radical (unpaired) electrons. The van der Waals surface area contributed by atoms with Gasteiger partial charge in [0.25, 0.3) is 0 Å². The van der Waals surface area contributed by atoms with E-state index in [4.69, 9.17) is 17.3 Å². The number of halogens is 3. The van der Waals surface area contributed by atoms with Gasteiger partial charge in [0.2, 0.25) is 5.82 Å². The molecule has 3 aromatic carbocycles. The van der Waals surface area contributed by atoms with Crippen LogP contribution in [0.5, 0.6) is 5.75 Å². The van der Waals surface area contributed by atoms with Gasteiger partial charge in [-0.25, -0.2) is 8.78 Å². The van der Waals surface area contributed by atoms with Gasteiger partial charge in [-0.2, -0.15) is 4.39 Å². The molecule has 0 aromatic heterocycles. The zero-order valence-corrected chi connectivity index (χ0v) is 18.6. The fourth-order valence-electron chi connectivity index (χ4n) is 4.45. The monoisotopic (exact) mass is 450 g/mol. The molecule has 0 amide bonds. The van der Waals surface area contributed by atoms with Gasteiger partial charge >= 0.3 is 0 Å². The van der Waals surface area contributed by atoms with Gasteiger partial charge in [0.05, 0.1) is 12.7 Å². The SMILES string of the molecule is [B]COc1ccc(-c2ccc(-c3ccc(C4CCC(CCC)CO4)c(F)c3)cc2)c(F)c1F. The van der Waals surface area contributed by atoms with E-state index in [-0.39, 0.29) is 29.7 Å². The lowest BCUT2D eigenvalue weighted by molar-refractivity contribution is -0.0211. The van der Waals surface area contributed by atoms with Crippen LogP contribution in [0.3, 0.4) is 0 Å². The first kappa shape index (κ1) is 23.4. The molecule has 1 saturated heterocycles. The van der Waals surface area contributed by atoms with Gasteiger partial charge in [-0.1, -0.05) is 49.7 Å².